The molecule has 0 fully saturated rings. The normalized spacial score (nSPS) is 12.0. The van der Waals surface area contributed by atoms with Crippen LogP contribution in [-0.2, 0) is 9.59 Å². The molecule has 1 aromatic carbocycles. The maximum atomic E-state index is 12.0. The van der Waals surface area contributed by atoms with Crippen molar-refractivity contribution in [2.75, 3.05) is 25.5 Å². The van der Waals surface area contributed by atoms with Gasteiger partial charge in [0.05, 0.1) is 32.5 Å². The number of carbonyl (C=O) groups is 2. The highest BCUT2D eigenvalue weighted by atomic mass is 16.4. The van der Waals surface area contributed by atoms with Gasteiger partial charge < -0.3 is 25.9 Å². The molecule has 0 heterocycles. The van der Waals surface area contributed by atoms with Crippen LogP contribution in [0.2, 0.25) is 0 Å². The summed E-state index contributed by atoms with van der Waals surface area (Å²) in [4.78, 5) is 23.1. The summed E-state index contributed by atoms with van der Waals surface area (Å²) in [6.07, 6.45) is 0.796. The largest absolute Gasteiger partial charge is 0.544 e. The molecule has 6 nitrogen and oxygen atoms in total. The molecule has 0 aromatic heterocycles. The Bertz CT molecular complexity index is 517. The molecular weight excluding hydrogens is 282 g/mol. The van der Waals surface area contributed by atoms with Crippen molar-refractivity contribution in [2.45, 2.75) is 32.7 Å². The molecule has 0 aliphatic carbocycles. The summed E-state index contributed by atoms with van der Waals surface area (Å²) in [6, 6.07) is 4.77. The van der Waals surface area contributed by atoms with Gasteiger partial charge in [-0.05, 0) is 37.1 Å². The molecule has 0 unspecified atom stereocenters. The average Bonchev–Trinajstić information content (AvgIpc) is 2.46. The molecule has 0 saturated carbocycles. The minimum absolute atomic E-state index is 0.0922. The number of anilines is 1. The fourth-order valence-corrected chi connectivity index (χ4v) is 2.13. The van der Waals surface area contributed by atoms with Crippen LogP contribution in [0.25, 0.3) is 0 Å². The second kappa shape index (κ2) is 9.17. The number of nitrogens with two attached hydrogens (primary N) is 2. The number of benzene rings is 1. The first-order valence-corrected chi connectivity index (χ1v) is 7.63. The standard InChI is InChI=1S/C16H25N3O3/c1-11-5-6-13(9-12(11)2)19-15(20)10-14(16(21)22)18-8-4-7-17-3/h5-6,9,14,17-18H,4,7-8,10H2,1-3H3,(H,19,20)(H,21,22)/p+1/t14-/m0/s1. The first kappa shape index (κ1) is 18.1. The van der Waals surface area contributed by atoms with Gasteiger partial charge in [0.1, 0.15) is 6.04 Å². The number of carboxylic acid groups (broad SMARTS) is 1. The van der Waals surface area contributed by atoms with Gasteiger partial charge in [-0.1, -0.05) is 6.07 Å². The topological polar surface area (TPSA) is 102 Å². The molecule has 1 amide bonds. The Hall–Kier alpha value is -1.92. The number of amides is 1. The van der Waals surface area contributed by atoms with Gasteiger partial charge in [0.2, 0.25) is 5.91 Å². The molecule has 122 valence electrons. The van der Waals surface area contributed by atoms with Crippen molar-refractivity contribution in [3.05, 3.63) is 29.3 Å². The minimum atomic E-state index is -1.20. The van der Waals surface area contributed by atoms with Crippen LogP contribution < -0.4 is 21.1 Å². The summed E-state index contributed by atoms with van der Waals surface area (Å²) >= 11 is 0. The Morgan fingerprint density at radius 2 is 1.95 bits per heavy atom. The Morgan fingerprint density at radius 1 is 1.23 bits per heavy atom. The van der Waals surface area contributed by atoms with E-state index < -0.39 is 12.0 Å². The Kier molecular flexibility index (Phi) is 7.56. The van der Waals surface area contributed by atoms with Gasteiger partial charge in [-0.3, -0.25) is 4.79 Å². The van der Waals surface area contributed by atoms with E-state index in [1.54, 1.807) is 5.32 Å². The van der Waals surface area contributed by atoms with Crippen LogP contribution in [0.3, 0.4) is 0 Å². The predicted octanol–water partition coefficient (Wildman–Crippen LogP) is -2.10. The third-order valence-corrected chi connectivity index (χ3v) is 3.65. The number of nitrogens with one attached hydrogen (secondary N) is 1. The number of carbonyl (C=O) groups excluding carboxylic acids is 2. The van der Waals surface area contributed by atoms with Crippen molar-refractivity contribution in [1.29, 1.82) is 0 Å². The molecule has 0 bridgehead atoms. The Labute approximate surface area is 131 Å². The molecule has 1 rings (SSSR count). The summed E-state index contributed by atoms with van der Waals surface area (Å²) in [5, 5.41) is 17.6. The molecule has 0 saturated heterocycles. The average molecular weight is 308 g/mol. The van der Waals surface area contributed by atoms with E-state index in [9.17, 15) is 14.7 Å². The van der Waals surface area contributed by atoms with E-state index in [1.165, 1.54) is 0 Å². The van der Waals surface area contributed by atoms with Gasteiger partial charge in [0.25, 0.3) is 0 Å². The van der Waals surface area contributed by atoms with E-state index in [4.69, 9.17) is 0 Å². The number of aryl methyl sites for hydroxylation is 2. The fourth-order valence-electron chi connectivity index (χ4n) is 2.13. The monoisotopic (exact) mass is 308 g/mol. The summed E-state index contributed by atoms with van der Waals surface area (Å²) in [6.45, 7) is 5.56. The van der Waals surface area contributed by atoms with Gasteiger partial charge in [-0.2, -0.15) is 0 Å². The molecule has 1 atom stereocenters. The number of aliphatic carboxylic acids is 1. The van der Waals surface area contributed by atoms with Gasteiger partial charge >= 0.3 is 0 Å². The third kappa shape index (κ3) is 6.24. The number of quaternary nitrogens is 2. The molecule has 0 spiro atoms. The van der Waals surface area contributed by atoms with Gasteiger partial charge in [-0.15, -0.1) is 0 Å². The van der Waals surface area contributed by atoms with Crippen molar-refractivity contribution < 1.29 is 25.3 Å². The number of hydrogen-bond donors (Lipinski definition) is 3. The van der Waals surface area contributed by atoms with Crippen molar-refractivity contribution in [3.63, 3.8) is 0 Å². The zero-order valence-corrected chi connectivity index (χ0v) is 13.5. The molecule has 6 heteroatoms. The molecule has 1 aromatic rings. The lowest BCUT2D eigenvalue weighted by Crippen LogP contribution is -2.94. The molecule has 0 aliphatic heterocycles. The van der Waals surface area contributed by atoms with Crippen LogP contribution in [-0.4, -0.2) is 38.1 Å². The van der Waals surface area contributed by atoms with E-state index >= 15 is 0 Å². The quantitative estimate of drug-likeness (QED) is 0.455. The number of carboxylic acids is 1. The molecule has 22 heavy (non-hydrogen) atoms. The zero-order chi connectivity index (χ0) is 16.5. The first-order valence-electron chi connectivity index (χ1n) is 7.63. The van der Waals surface area contributed by atoms with Crippen LogP contribution in [0.15, 0.2) is 18.2 Å². The van der Waals surface area contributed by atoms with E-state index in [-0.39, 0.29) is 12.3 Å². The minimum Gasteiger partial charge on any atom is -0.544 e. The second-order valence-corrected chi connectivity index (χ2v) is 5.55. The van der Waals surface area contributed by atoms with Crippen LogP contribution in [0.5, 0.6) is 0 Å². The fraction of sp³-hybridized carbons (Fsp3) is 0.500. The van der Waals surface area contributed by atoms with E-state index in [2.05, 4.69) is 5.32 Å². The smallest absolute Gasteiger partial charge is 0.230 e. The van der Waals surface area contributed by atoms with Crippen LogP contribution in [0, 0.1) is 13.8 Å². The maximum absolute atomic E-state index is 12.0. The van der Waals surface area contributed by atoms with Crippen molar-refractivity contribution in [1.82, 2.24) is 0 Å². The molecular formula is C16H26N3O3+. The van der Waals surface area contributed by atoms with Crippen molar-refractivity contribution >= 4 is 17.6 Å². The van der Waals surface area contributed by atoms with Crippen LogP contribution >= 0.6 is 0 Å². The highest BCUT2D eigenvalue weighted by Gasteiger charge is 2.18. The lowest BCUT2D eigenvalue weighted by atomic mass is 10.1. The molecule has 5 N–H and O–H groups in total. The van der Waals surface area contributed by atoms with Gasteiger partial charge in [0.15, 0.2) is 0 Å². The molecule has 0 radical (unpaired) electrons. The maximum Gasteiger partial charge on any atom is 0.230 e. The van der Waals surface area contributed by atoms with Crippen molar-refractivity contribution in [2.24, 2.45) is 0 Å². The van der Waals surface area contributed by atoms with E-state index in [0.717, 1.165) is 24.1 Å². The molecule has 0 aliphatic rings. The van der Waals surface area contributed by atoms with E-state index in [1.807, 2.05) is 44.4 Å². The lowest BCUT2D eigenvalue weighted by molar-refractivity contribution is -0.692. The lowest BCUT2D eigenvalue weighted by Gasteiger charge is -2.16. The van der Waals surface area contributed by atoms with Crippen LogP contribution in [0.4, 0.5) is 5.69 Å². The highest BCUT2D eigenvalue weighted by molar-refractivity contribution is 5.93. The van der Waals surface area contributed by atoms with Crippen molar-refractivity contribution in [3.8, 4) is 0 Å². The predicted molar refractivity (Wildman–Crippen MR) is 82.1 cm³/mol. The van der Waals surface area contributed by atoms with Gasteiger partial charge in [-0.25, -0.2) is 0 Å². The number of rotatable bonds is 9. The summed E-state index contributed by atoms with van der Waals surface area (Å²) in [5.74, 6) is -1.51. The Morgan fingerprint density at radius 3 is 2.55 bits per heavy atom. The number of hydrogen-bond acceptors (Lipinski definition) is 3. The second-order valence-electron chi connectivity index (χ2n) is 5.55. The SMILES string of the molecule is C[NH2+]CCC[NH2+][C@@H](CC(=O)Nc1ccc(C)c(C)c1)C(=O)[O-]. The Balaban J connectivity index is 2.52. The summed E-state index contributed by atoms with van der Waals surface area (Å²) in [5.41, 5.74) is 2.91. The third-order valence-electron chi connectivity index (χ3n) is 3.65. The zero-order valence-electron chi connectivity index (χ0n) is 13.5. The highest BCUT2D eigenvalue weighted by Crippen LogP contribution is 2.14. The van der Waals surface area contributed by atoms with Gasteiger partial charge in [0, 0.05) is 12.1 Å². The summed E-state index contributed by atoms with van der Waals surface area (Å²) < 4.78 is 0. The first-order chi connectivity index (χ1) is 10.4. The summed E-state index contributed by atoms with van der Waals surface area (Å²) in [7, 11) is 1.97. The van der Waals surface area contributed by atoms with Crippen LogP contribution in [0.1, 0.15) is 24.0 Å². The van der Waals surface area contributed by atoms with E-state index in [0.29, 0.717) is 12.2 Å².